The largest absolute Gasteiger partial charge is 0.379 e. The van der Waals surface area contributed by atoms with Crippen molar-refractivity contribution >= 4 is 17.2 Å². The average Bonchev–Trinajstić information content (AvgIpc) is 3.00. The van der Waals surface area contributed by atoms with Crippen LogP contribution in [0.2, 0.25) is 0 Å². The van der Waals surface area contributed by atoms with Gasteiger partial charge in [-0.1, -0.05) is 23.5 Å². The van der Waals surface area contributed by atoms with E-state index in [1.54, 1.807) is 22.1 Å². The molecule has 6 nitrogen and oxygen atoms in total. The summed E-state index contributed by atoms with van der Waals surface area (Å²) < 4.78 is 20.3. The number of carbonyl (C=O) groups is 1. The molecule has 1 fully saturated rings. The van der Waals surface area contributed by atoms with E-state index in [2.05, 4.69) is 10.2 Å². The van der Waals surface area contributed by atoms with Gasteiger partial charge in [-0.15, -0.1) is 0 Å². The van der Waals surface area contributed by atoms with E-state index >= 15 is 0 Å². The Morgan fingerprint density at radius 1 is 1.30 bits per heavy atom. The van der Waals surface area contributed by atoms with Crippen LogP contribution in [0.4, 0.5) is 4.39 Å². The number of nitrogens with one attached hydrogen (secondary N) is 1. The number of rotatable bonds is 7. The van der Waals surface area contributed by atoms with Gasteiger partial charge >= 0.3 is 4.87 Å². The van der Waals surface area contributed by atoms with E-state index < -0.39 is 0 Å². The van der Waals surface area contributed by atoms with Crippen LogP contribution in [0.15, 0.2) is 34.4 Å². The van der Waals surface area contributed by atoms with Gasteiger partial charge in [-0.25, -0.2) is 4.39 Å². The highest BCUT2D eigenvalue weighted by Crippen LogP contribution is 2.21. The lowest BCUT2D eigenvalue weighted by atomic mass is 10.0. The van der Waals surface area contributed by atoms with Crippen molar-refractivity contribution in [3.63, 3.8) is 0 Å². The summed E-state index contributed by atoms with van der Waals surface area (Å²) in [6, 6.07) is 6.36. The highest BCUT2D eigenvalue weighted by atomic mass is 32.1. The third-order valence-corrected chi connectivity index (χ3v) is 5.65. The predicted molar refractivity (Wildman–Crippen MR) is 102 cm³/mol. The molecule has 1 aliphatic rings. The molecule has 0 saturated carbocycles. The van der Waals surface area contributed by atoms with Gasteiger partial charge in [0.1, 0.15) is 5.82 Å². The topological polar surface area (TPSA) is 63.6 Å². The first kappa shape index (κ1) is 19.7. The van der Waals surface area contributed by atoms with E-state index in [4.69, 9.17) is 4.74 Å². The first-order chi connectivity index (χ1) is 13.0. The van der Waals surface area contributed by atoms with Crippen LogP contribution in [-0.4, -0.2) is 48.2 Å². The Hall–Kier alpha value is -2.03. The van der Waals surface area contributed by atoms with Gasteiger partial charge in [0, 0.05) is 43.7 Å². The molecule has 1 saturated heterocycles. The molecule has 1 N–H and O–H groups in total. The predicted octanol–water partition coefficient (Wildman–Crippen LogP) is 1.94. The van der Waals surface area contributed by atoms with E-state index in [0.29, 0.717) is 26.3 Å². The number of nitrogens with zero attached hydrogens (tertiary/aromatic N) is 2. The lowest BCUT2D eigenvalue weighted by molar-refractivity contribution is -0.121. The second-order valence-electron chi connectivity index (χ2n) is 6.56. The number of halogens is 1. The summed E-state index contributed by atoms with van der Waals surface area (Å²) in [7, 11) is 0. The maximum atomic E-state index is 13.3. The zero-order valence-electron chi connectivity index (χ0n) is 15.3. The fourth-order valence-corrected chi connectivity index (χ4v) is 3.98. The summed E-state index contributed by atoms with van der Waals surface area (Å²) in [6.07, 6.45) is 0.247. The lowest BCUT2D eigenvalue weighted by Crippen LogP contribution is -2.44. The molecule has 3 rings (SSSR count). The maximum absolute atomic E-state index is 13.3. The van der Waals surface area contributed by atoms with Crippen LogP contribution in [0.25, 0.3) is 0 Å². The molecule has 8 heteroatoms. The van der Waals surface area contributed by atoms with E-state index in [-0.39, 0.29) is 29.1 Å². The Morgan fingerprint density at radius 3 is 2.63 bits per heavy atom. The molecule has 146 valence electrons. The van der Waals surface area contributed by atoms with Crippen LogP contribution in [0, 0.1) is 12.7 Å². The Kier molecular flexibility index (Phi) is 6.76. The molecule has 0 spiro atoms. The molecule has 27 heavy (non-hydrogen) atoms. The molecule has 1 aromatic heterocycles. The van der Waals surface area contributed by atoms with Gasteiger partial charge in [0.05, 0.1) is 19.3 Å². The molecule has 0 unspecified atom stereocenters. The molecule has 2 heterocycles. The molecule has 0 radical (unpaired) electrons. The number of hydrogen-bond acceptors (Lipinski definition) is 5. The third kappa shape index (κ3) is 5.24. The summed E-state index contributed by atoms with van der Waals surface area (Å²) in [4.78, 5) is 26.2. The Labute approximate surface area is 161 Å². The van der Waals surface area contributed by atoms with Crippen molar-refractivity contribution in [2.75, 3.05) is 32.8 Å². The van der Waals surface area contributed by atoms with E-state index in [0.717, 1.165) is 35.7 Å². The van der Waals surface area contributed by atoms with E-state index in [9.17, 15) is 14.0 Å². The van der Waals surface area contributed by atoms with E-state index in [1.165, 1.54) is 12.1 Å². The highest BCUT2D eigenvalue weighted by Gasteiger charge is 2.23. The number of hydrogen-bond donors (Lipinski definition) is 1. The Bertz CT molecular complexity index is 812. The lowest BCUT2D eigenvalue weighted by Gasteiger charge is -2.35. The summed E-state index contributed by atoms with van der Waals surface area (Å²) in [5.74, 6) is -0.382. The average molecular weight is 393 g/mol. The fourth-order valence-electron chi connectivity index (χ4n) is 3.22. The van der Waals surface area contributed by atoms with Gasteiger partial charge in [-0.3, -0.25) is 14.5 Å². The van der Waals surface area contributed by atoms with E-state index in [1.807, 2.05) is 6.92 Å². The van der Waals surface area contributed by atoms with Gasteiger partial charge in [-0.2, -0.15) is 0 Å². The molecular formula is C19H24FN3O3S. The summed E-state index contributed by atoms with van der Waals surface area (Å²) >= 11 is 1.14. The minimum atomic E-state index is -0.278. The number of aryl methyl sites for hydroxylation is 1. The number of thiazole rings is 1. The smallest absolute Gasteiger partial charge is 0.307 e. The summed E-state index contributed by atoms with van der Waals surface area (Å²) in [5, 5.41) is 4.76. The highest BCUT2D eigenvalue weighted by molar-refractivity contribution is 7.07. The van der Waals surface area contributed by atoms with Crippen LogP contribution in [0.3, 0.4) is 0 Å². The first-order valence-corrected chi connectivity index (χ1v) is 9.91. The van der Waals surface area contributed by atoms with Crippen molar-refractivity contribution in [1.29, 1.82) is 0 Å². The zero-order valence-corrected chi connectivity index (χ0v) is 16.1. The van der Waals surface area contributed by atoms with Gasteiger partial charge in [-0.05, 0) is 24.6 Å². The van der Waals surface area contributed by atoms with Crippen molar-refractivity contribution in [1.82, 2.24) is 14.8 Å². The second-order valence-corrected chi connectivity index (χ2v) is 7.39. The summed E-state index contributed by atoms with van der Waals surface area (Å²) in [6.45, 7) is 5.49. The van der Waals surface area contributed by atoms with Crippen molar-refractivity contribution in [2.45, 2.75) is 25.9 Å². The number of ether oxygens (including phenoxy) is 1. The van der Waals surface area contributed by atoms with Crippen LogP contribution in [0.1, 0.15) is 23.7 Å². The molecular weight excluding hydrogens is 369 g/mol. The SMILES string of the molecule is Cc1csc(=O)n1CCC(=O)NC[C@@H](c1ccc(F)cc1)N1CCOCC1. The quantitative estimate of drug-likeness (QED) is 0.781. The van der Waals surface area contributed by atoms with Crippen LogP contribution in [-0.2, 0) is 16.1 Å². The van der Waals surface area contributed by atoms with Gasteiger partial charge < -0.3 is 14.6 Å². The molecule has 1 atom stereocenters. The van der Waals surface area contributed by atoms with Crippen LogP contribution < -0.4 is 10.2 Å². The molecule has 2 aromatic rings. The second kappa shape index (κ2) is 9.25. The minimum absolute atomic E-state index is 0.0379. The van der Waals surface area contributed by atoms with Gasteiger partial charge in [0.25, 0.3) is 0 Å². The fraction of sp³-hybridized carbons (Fsp3) is 0.474. The number of morpholine rings is 1. The number of aromatic nitrogens is 1. The zero-order chi connectivity index (χ0) is 19.2. The Morgan fingerprint density at radius 2 is 2.00 bits per heavy atom. The normalized spacial score (nSPS) is 16.2. The van der Waals surface area contributed by atoms with Crippen molar-refractivity contribution < 1.29 is 13.9 Å². The molecule has 1 aromatic carbocycles. The van der Waals surface area contributed by atoms with Crippen molar-refractivity contribution in [3.05, 3.63) is 56.4 Å². The number of benzene rings is 1. The monoisotopic (exact) mass is 393 g/mol. The third-order valence-electron chi connectivity index (χ3n) is 4.77. The molecule has 0 bridgehead atoms. The minimum Gasteiger partial charge on any atom is -0.379 e. The van der Waals surface area contributed by atoms with Crippen molar-refractivity contribution in [3.8, 4) is 0 Å². The number of amides is 1. The van der Waals surface area contributed by atoms with Crippen LogP contribution in [0.5, 0.6) is 0 Å². The van der Waals surface area contributed by atoms with Gasteiger partial charge in [0.15, 0.2) is 0 Å². The standard InChI is InChI=1S/C19H24FN3O3S/c1-14-13-27-19(25)23(14)7-6-18(24)21-12-17(22-8-10-26-11-9-22)15-2-4-16(20)5-3-15/h2-5,13,17H,6-12H2,1H3,(H,21,24)/t17-/m0/s1. The molecule has 1 aliphatic heterocycles. The Balaban J connectivity index is 1.60. The van der Waals surface area contributed by atoms with Gasteiger partial charge in [0.2, 0.25) is 5.91 Å². The molecule has 1 amide bonds. The van der Waals surface area contributed by atoms with Crippen molar-refractivity contribution in [2.24, 2.45) is 0 Å². The first-order valence-electron chi connectivity index (χ1n) is 9.03. The maximum Gasteiger partial charge on any atom is 0.307 e. The summed E-state index contributed by atoms with van der Waals surface area (Å²) in [5.41, 5.74) is 1.83. The van der Waals surface area contributed by atoms with Crippen LogP contribution >= 0.6 is 11.3 Å². The number of carbonyl (C=O) groups excluding carboxylic acids is 1. The molecule has 0 aliphatic carbocycles.